The fourth-order valence-electron chi connectivity index (χ4n) is 1.90. The number of thiophene rings is 1. The Labute approximate surface area is 104 Å². The highest BCUT2D eigenvalue weighted by molar-refractivity contribution is 7.13. The number of hydrogen-bond donors (Lipinski definition) is 1. The molecule has 3 aromatic rings. The Bertz CT molecular complexity index is 666. The van der Waals surface area contributed by atoms with Crippen LogP contribution < -0.4 is 5.73 Å². The van der Waals surface area contributed by atoms with E-state index in [1.54, 1.807) is 11.3 Å². The van der Waals surface area contributed by atoms with Crippen molar-refractivity contribution in [1.82, 2.24) is 9.38 Å². The van der Waals surface area contributed by atoms with Gasteiger partial charge in [-0.3, -0.25) is 0 Å². The SMILES string of the molecule is Cc1ccsc1-c1cn2cc(CN)ccc2n1. The van der Waals surface area contributed by atoms with Gasteiger partial charge in [0.25, 0.3) is 0 Å². The van der Waals surface area contributed by atoms with Crippen LogP contribution in [0.2, 0.25) is 0 Å². The third-order valence-corrected chi connectivity index (χ3v) is 3.88. The van der Waals surface area contributed by atoms with Crippen molar-refractivity contribution in [3.05, 3.63) is 47.1 Å². The molecule has 0 aromatic carbocycles. The van der Waals surface area contributed by atoms with Crippen molar-refractivity contribution in [1.29, 1.82) is 0 Å². The van der Waals surface area contributed by atoms with E-state index in [-0.39, 0.29) is 0 Å². The average Bonchev–Trinajstić information content (AvgIpc) is 2.93. The molecule has 86 valence electrons. The van der Waals surface area contributed by atoms with E-state index in [1.807, 2.05) is 22.7 Å². The number of hydrogen-bond acceptors (Lipinski definition) is 3. The lowest BCUT2D eigenvalue weighted by atomic mass is 10.2. The molecule has 0 unspecified atom stereocenters. The second kappa shape index (κ2) is 3.98. The monoisotopic (exact) mass is 243 g/mol. The summed E-state index contributed by atoms with van der Waals surface area (Å²) in [4.78, 5) is 5.86. The van der Waals surface area contributed by atoms with E-state index in [2.05, 4.69) is 29.6 Å². The number of imidazole rings is 1. The predicted octanol–water partition coefficient (Wildman–Crippen LogP) is 2.83. The van der Waals surface area contributed by atoms with Gasteiger partial charge in [0.15, 0.2) is 0 Å². The first-order valence-corrected chi connectivity index (χ1v) is 6.38. The molecule has 17 heavy (non-hydrogen) atoms. The van der Waals surface area contributed by atoms with E-state index in [1.165, 1.54) is 10.4 Å². The normalized spacial score (nSPS) is 11.2. The molecular weight excluding hydrogens is 230 g/mol. The summed E-state index contributed by atoms with van der Waals surface area (Å²) in [5.74, 6) is 0. The quantitative estimate of drug-likeness (QED) is 0.752. The molecule has 0 spiro atoms. The molecule has 0 saturated carbocycles. The van der Waals surface area contributed by atoms with E-state index in [0.29, 0.717) is 6.54 Å². The van der Waals surface area contributed by atoms with Crippen molar-refractivity contribution in [2.75, 3.05) is 0 Å². The lowest BCUT2D eigenvalue weighted by molar-refractivity contribution is 1.03. The highest BCUT2D eigenvalue weighted by atomic mass is 32.1. The van der Waals surface area contributed by atoms with Gasteiger partial charge in [-0.2, -0.15) is 0 Å². The summed E-state index contributed by atoms with van der Waals surface area (Å²) in [7, 11) is 0. The molecule has 3 rings (SSSR count). The summed E-state index contributed by atoms with van der Waals surface area (Å²) in [6.07, 6.45) is 4.10. The minimum Gasteiger partial charge on any atom is -0.326 e. The van der Waals surface area contributed by atoms with Gasteiger partial charge in [0.2, 0.25) is 0 Å². The van der Waals surface area contributed by atoms with Crippen LogP contribution in [0.4, 0.5) is 0 Å². The number of aryl methyl sites for hydroxylation is 1. The Morgan fingerprint density at radius 3 is 2.88 bits per heavy atom. The summed E-state index contributed by atoms with van der Waals surface area (Å²) in [6.45, 7) is 2.67. The first kappa shape index (κ1) is 10.5. The van der Waals surface area contributed by atoms with Crippen molar-refractivity contribution in [3.63, 3.8) is 0 Å². The van der Waals surface area contributed by atoms with E-state index in [4.69, 9.17) is 5.73 Å². The Morgan fingerprint density at radius 2 is 2.18 bits per heavy atom. The molecule has 3 heterocycles. The van der Waals surface area contributed by atoms with Gasteiger partial charge in [-0.25, -0.2) is 4.98 Å². The molecule has 0 aliphatic heterocycles. The smallest absolute Gasteiger partial charge is 0.137 e. The number of pyridine rings is 1. The Hall–Kier alpha value is -1.65. The fourth-order valence-corrected chi connectivity index (χ4v) is 2.78. The van der Waals surface area contributed by atoms with Crippen molar-refractivity contribution in [2.24, 2.45) is 5.73 Å². The standard InChI is InChI=1S/C13H13N3S/c1-9-4-5-17-13(9)11-8-16-7-10(6-14)2-3-12(16)15-11/h2-5,7-8H,6,14H2,1H3. The second-order valence-corrected chi connectivity index (χ2v) is 4.98. The van der Waals surface area contributed by atoms with Crippen molar-refractivity contribution in [3.8, 4) is 10.6 Å². The van der Waals surface area contributed by atoms with Crippen LogP contribution in [0.5, 0.6) is 0 Å². The molecular formula is C13H13N3S. The van der Waals surface area contributed by atoms with Gasteiger partial charge in [-0.1, -0.05) is 6.07 Å². The number of nitrogens with zero attached hydrogens (tertiary/aromatic N) is 2. The highest BCUT2D eigenvalue weighted by Gasteiger charge is 2.08. The summed E-state index contributed by atoms with van der Waals surface area (Å²) >= 11 is 1.73. The maximum atomic E-state index is 5.63. The van der Waals surface area contributed by atoms with E-state index in [0.717, 1.165) is 16.9 Å². The maximum absolute atomic E-state index is 5.63. The Kier molecular flexibility index (Phi) is 2.46. The van der Waals surface area contributed by atoms with E-state index in [9.17, 15) is 0 Å². The minimum absolute atomic E-state index is 0.557. The van der Waals surface area contributed by atoms with Crippen LogP contribution in [0, 0.1) is 6.92 Å². The van der Waals surface area contributed by atoms with Gasteiger partial charge in [0.05, 0.1) is 10.6 Å². The summed E-state index contributed by atoms with van der Waals surface area (Å²) in [5, 5.41) is 2.10. The minimum atomic E-state index is 0.557. The maximum Gasteiger partial charge on any atom is 0.137 e. The summed E-state index contributed by atoms with van der Waals surface area (Å²) in [6, 6.07) is 6.15. The third-order valence-electron chi connectivity index (χ3n) is 2.84. The lowest BCUT2D eigenvalue weighted by Gasteiger charge is -1.96. The number of rotatable bonds is 2. The van der Waals surface area contributed by atoms with Gasteiger partial charge in [-0.05, 0) is 35.6 Å². The van der Waals surface area contributed by atoms with Crippen LogP contribution in [0.15, 0.2) is 36.0 Å². The zero-order valence-electron chi connectivity index (χ0n) is 9.55. The highest BCUT2D eigenvalue weighted by Crippen LogP contribution is 2.28. The number of fused-ring (bicyclic) bond motifs is 1. The average molecular weight is 243 g/mol. The molecule has 0 aliphatic rings. The summed E-state index contributed by atoms with van der Waals surface area (Å²) in [5.41, 5.74) is 10.0. The molecule has 0 fully saturated rings. The van der Waals surface area contributed by atoms with Crippen LogP contribution in [-0.2, 0) is 6.54 Å². The van der Waals surface area contributed by atoms with Crippen molar-refractivity contribution < 1.29 is 0 Å². The zero-order chi connectivity index (χ0) is 11.8. The Balaban J connectivity index is 2.17. The largest absolute Gasteiger partial charge is 0.326 e. The van der Waals surface area contributed by atoms with Crippen LogP contribution in [0.1, 0.15) is 11.1 Å². The number of nitrogens with two attached hydrogens (primary N) is 1. The first-order valence-electron chi connectivity index (χ1n) is 5.50. The van der Waals surface area contributed by atoms with Crippen LogP contribution >= 0.6 is 11.3 Å². The molecule has 0 aliphatic carbocycles. The molecule has 0 saturated heterocycles. The predicted molar refractivity (Wildman–Crippen MR) is 71.1 cm³/mol. The topological polar surface area (TPSA) is 43.3 Å². The second-order valence-electron chi connectivity index (χ2n) is 4.07. The van der Waals surface area contributed by atoms with Gasteiger partial charge in [-0.15, -0.1) is 11.3 Å². The molecule has 0 amide bonds. The van der Waals surface area contributed by atoms with Gasteiger partial charge in [0.1, 0.15) is 5.65 Å². The zero-order valence-corrected chi connectivity index (χ0v) is 10.4. The fraction of sp³-hybridized carbons (Fsp3) is 0.154. The number of aromatic nitrogens is 2. The molecule has 2 N–H and O–H groups in total. The van der Waals surface area contributed by atoms with Crippen LogP contribution in [-0.4, -0.2) is 9.38 Å². The van der Waals surface area contributed by atoms with E-state index < -0.39 is 0 Å². The van der Waals surface area contributed by atoms with Crippen molar-refractivity contribution >= 4 is 17.0 Å². The van der Waals surface area contributed by atoms with Gasteiger partial charge >= 0.3 is 0 Å². The van der Waals surface area contributed by atoms with Crippen LogP contribution in [0.25, 0.3) is 16.2 Å². The van der Waals surface area contributed by atoms with Crippen LogP contribution in [0.3, 0.4) is 0 Å². The van der Waals surface area contributed by atoms with Gasteiger partial charge < -0.3 is 10.1 Å². The molecule has 0 bridgehead atoms. The molecule has 0 radical (unpaired) electrons. The Morgan fingerprint density at radius 1 is 1.29 bits per heavy atom. The molecule has 4 heteroatoms. The molecule has 3 aromatic heterocycles. The molecule has 0 atom stereocenters. The van der Waals surface area contributed by atoms with E-state index >= 15 is 0 Å². The summed E-state index contributed by atoms with van der Waals surface area (Å²) < 4.78 is 2.04. The molecule has 3 nitrogen and oxygen atoms in total. The lowest BCUT2D eigenvalue weighted by Crippen LogP contribution is -1.97. The van der Waals surface area contributed by atoms with Gasteiger partial charge in [0, 0.05) is 18.9 Å². The first-order chi connectivity index (χ1) is 8.28. The third kappa shape index (κ3) is 1.75. The van der Waals surface area contributed by atoms with Crippen molar-refractivity contribution in [2.45, 2.75) is 13.5 Å².